The first-order valence-corrected chi connectivity index (χ1v) is 8.13. The Morgan fingerprint density at radius 3 is 1.88 bits per heavy atom. The van der Waals surface area contributed by atoms with Crippen molar-refractivity contribution >= 4 is 5.97 Å². The maximum absolute atomic E-state index is 12.8. The summed E-state index contributed by atoms with van der Waals surface area (Å²) in [5.74, 6) is -0.339. The van der Waals surface area contributed by atoms with Gasteiger partial charge in [0.05, 0.1) is 11.3 Å². The highest BCUT2D eigenvalue weighted by Gasteiger charge is 2.26. The minimum Gasteiger partial charge on any atom is -0.456 e. The van der Waals surface area contributed by atoms with Crippen molar-refractivity contribution in [2.75, 3.05) is 0 Å². The number of esters is 1. The van der Waals surface area contributed by atoms with Gasteiger partial charge in [0.15, 0.2) is 0 Å². The normalized spacial score (nSPS) is 11.4. The van der Waals surface area contributed by atoms with Crippen LogP contribution in [-0.4, -0.2) is 26.5 Å². The zero-order valence-corrected chi connectivity index (χ0v) is 14.8. The standard InChI is InChI=1S/C20H21N3O2/c1-13-16(19(24)25-20(2,3)4)18(15-7-11-22-12-8-15)23-17(13)14-5-9-21-10-6-14/h5-12,23H,1-4H3. The minimum absolute atomic E-state index is 0.339. The Balaban J connectivity index is 2.18. The second-order valence-electron chi connectivity index (χ2n) is 6.85. The van der Waals surface area contributed by atoms with Crippen LogP contribution >= 0.6 is 0 Å². The zero-order chi connectivity index (χ0) is 18.0. The van der Waals surface area contributed by atoms with Gasteiger partial charge in [-0.2, -0.15) is 0 Å². The molecule has 25 heavy (non-hydrogen) atoms. The molecule has 0 amide bonds. The van der Waals surface area contributed by atoms with Crippen molar-refractivity contribution in [2.45, 2.75) is 33.3 Å². The molecule has 0 aromatic carbocycles. The van der Waals surface area contributed by atoms with E-state index < -0.39 is 5.60 Å². The van der Waals surface area contributed by atoms with Crippen LogP contribution in [-0.2, 0) is 4.74 Å². The van der Waals surface area contributed by atoms with Crippen LogP contribution in [0, 0.1) is 6.92 Å². The number of carbonyl (C=O) groups is 1. The van der Waals surface area contributed by atoms with Gasteiger partial charge >= 0.3 is 5.97 Å². The summed E-state index contributed by atoms with van der Waals surface area (Å²) in [5.41, 5.74) is 4.32. The smallest absolute Gasteiger partial charge is 0.341 e. The molecule has 0 radical (unpaired) electrons. The summed E-state index contributed by atoms with van der Waals surface area (Å²) in [6.45, 7) is 7.52. The molecule has 0 aliphatic heterocycles. The van der Waals surface area contributed by atoms with Crippen molar-refractivity contribution in [1.29, 1.82) is 0 Å². The fourth-order valence-electron chi connectivity index (χ4n) is 2.72. The molecule has 5 nitrogen and oxygen atoms in total. The van der Waals surface area contributed by atoms with Crippen LogP contribution in [0.2, 0.25) is 0 Å². The number of ether oxygens (including phenoxy) is 1. The van der Waals surface area contributed by atoms with Gasteiger partial charge < -0.3 is 9.72 Å². The highest BCUT2D eigenvalue weighted by molar-refractivity contribution is 6.00. The number of H-pyrrole nitrogens is 1. The number of aromatic nitrogens is 3. The Kier molecular flexibility index (Phi) is 4.40. The molecule has 3 heterocycles. The van der Waals surface area contributed by atoms with Crippen LogP contribution in [0.4, 0.5) is 0 Å². The number of rotatable bonds is 3. The van der Waals surface area contributed by atoms with Crippen LogP contribution in [0.25, 0.3) is 22.5 Å². The molecule has 0 atom stereocenters. The van der Waals surface area contributed by atoms with E-state index in [9.17, 15) is 4.79 Å². The quantitative estimate of drug-likeness (QED) is 0.720. The van der Waals surface area contributed by atoms with Crippen LogP contribution in [0.5, 0.6) is 0 Å². The maximum atomic E-state index is 12.8. The average molecular weight is 335 g/mol. The van der Waals surface area contributed by atoms with Crippen molar-refractivity contribution < 1.29 is 9.53 Å². The lowest BCUT2D eigenvalue weighted by Gasteiger charge is -2.20. The Morgan fingerprint density at radius 1 is 0.920 bits per heavy atom. The van der Waals surface area contributed by atoms with E-state index in [0.717, 1.165) is 28.1 Å². The summed E-state index contributed by atoms with van der Waals surface area (Å²) in [7, 11) is 0. The van der Waals surface area contributed by atoms with Gasteiger partial charge in [-0.1, -0.05) is 0 Å². The number of nitrogens with zero attached hydrogens (tertiary/aromatic N) is 2. The monoisotopic (exact) mass is 335 g/mol. The van der Waals surface area contributed by atoms with Gasteiger partial charge in [0.1, 0.15) is 5.60 Å². The molecular formula is C20H21N3O2. The molecule has 3 aromatic heterocycles. The van der Waals surface area contributed by atoms with Crippen LogP contribution in [0.15, 0.2) is 49.1 Å². The lowest BCUT2D eigenvalue weighted by Crippen LogP contribution is -2.24. The lowest BCUT2D eigenvalue weighted by atomic mass is 10.0. The molecule has 0 saturated carbocycles. The van der Waals surface area contributed by atoms with E-state index in [1.54, 1.807) is 24.8 Å². The predicted molar refractivity (Wildman–Crippen MR) is 97.2 cm³/mol. The third-order valence-corrected chi connectivity index (χ3v) is 3.79. The van der Waals surface area contributed by atoms with Gasteiger partial charge in [0.25, 0.3) is 0 Å². The van der Waals surface area contributed by atoms with E-state index in [1.807, 2.05) is 52.0 Å². The molecule has 128 valence electrons. The van der Waals surface area contributed by atoms with Crippen molar-refractivity contribution in [1.82, 2.24) is 15.0 Å². The Bertz CT molecular complexity index is 879. The van der Waals surface area contributed by atoms with E-state index >= 15 is 0 Å². The van der Waals surface area contributed by atoms with Crippen molar-refractivity contribution in [3.63, 3.8) is 0 Å². The van der Waals surface area contributed by atoms with Gasteiger partial charge in [-0.3, -0.25) is 9.97 Å². The number of nitrogens with one attached hydrogen (secondary N) is 1. The molecule has 0 spiro atoms. The van der Waals surface area contributed by atoms with E-state index in [0.29, 0.717) is 5.56 Å². The molecule has 0 aliphatic carbocycles. The number of pyridine rings is 2. The zero-order valence-electron chi connectivity index (χ0n) is 14.8. The summed E-state index contributed by atoms with van der Waals surface area (Å²) < 4.78 is 5.63. The topological polar surface area (TPSA) is 67.9 Å². The van der Waals surface area contributed by atoms with Gasteiger partial charge in [0, 0.05) is 41.6 Å². The first-order valence-electron chi connectivity index (χ1n) is 8.13. The maximum Gasteiger partial charge on any atom is 0.341 e. The van der Waals surface area contributed by atoms with E-state index in [4.69, 9.17) is 4.74 Å². The molecule has 5 heteroatoms. The van der Waals surface area contributed by atoms with E-state index in [-0.39, 0.29) is 5.97 Å². The Hall–Kier alpha value is -2.95. The summed E-state index contributed by atoms with van der Waals surface area (Å²) in [5, 5.41) is 0. The second kappa shape index (κ2) is 6.51. The fourth-order valence-corrected chi connectivity index (χ4v) is 2.72. The average Bonchev–Trinajstić information content (AvgIpc) is 2.92. The van der Waals surface area contributed by atoms with Gasteiger partial charge in [-0.15, -0.1) is 0 Å². The Morgan fingerprint density at radius 2 is 1.40 bits per heavy atom. The summed E-state index contributed by atoms with van der Waals surface area (Å²) >= 11 is 0. The van der Waals surface area contributed by atoms with Crippen molar-refractivity contribution in [3.05, 3.63) is 60.2 Å². The first kappa shape index (κ1) is 16.9. The van der Waals surface area contributed by atoms with Crippen molar-refractivity contribution in [2.24, 2.45) is 0 Å². The molecule has 3 rings (SSSR count). The molecule has 0 fully saturated rings. The summed E-state index contributed by atoms with van der Waals surface area (Å²) in [4.78, 5) is 24.4. The molecular weight excluding hydrogens is 314 g/mol. The highest BCUT2D eigenvalue weighted by Crippen LogP contribution is 2.34. The number of carbonyl (C=O) groups excluding carboxylic acids is 1. The molecule has 0 bridgehead atoms. The number of hydrogen-bond acceptors (Lipinski definition) is 4. The second-order valence-corrected chi connectivity index (χ2v) is 6.85. The third-order valence-electron chi connectivity index (χ3n) is 3.79. The molecule has 0 saturated heterocycles. The number of hydrogen-bond donors (Lipinski definition) is 1. The molecule has 3 aromatic rings. The van der Waals surface area contributed by atoms with Crippen LogP contribution < -0.4 is 0 Å². The fraction of sp³-hybridized carbons (Fsp3) is 0.250. The SMILES string of the molecule is Cc1c(-c2ccncc2)[nH]c(-c2ccncc2)c1C(=O)OC(C)(C)C. The molecule has 0 aliphatic rings. The van der Waals surface area contributed by atoms with E-state index in [2.05, 4.69) is 15.0 Å². The van der Waals surface area contributed by atoms with Crippen LogP contribution in [0.1, 0.15) is 36.7 Å². The van der Waals surface area contributed by atoms with Gasteiger partial charge in [-0.25, -0.2) is 4.79 Å². The highest BCUT2D eigenvalue weighted by atomic mass is 16.6. The third kappa shape index (κ3) is 3.60. The van der Waals surface area contributed by atoms with Crippen molar-refractivity contribution in [3.8, 4) is 22.5 Å². The van der Waals surface area contributed by atoms with E-state index in [1.165, 1.54) is 0 Å². The predicted octanol–water partition coefficient (Wildman–Crippen LogP) is 4.40. The number of aromatic amines is 1. The lowest BCUT2D eigenvalue weighted by molar-refractivity contribution is 0.00700. The molecule has 0 unspecified atom stereocenters. The largest absolute Gasteiger partial charge is 0.456 e. The first-order chi connectivity index (χ1) is 11.9. The summed E-state index contributed by atoms with van der Waals surface area (Å²) in [6.07, 6.45) is 6.87. The molecule has 1 N–H and O–H groups in total. The van der Waals surface area contributed by atoms with Gasteiger partial charge in [0.2, 0.25) is 0 Å². The van der Waals surface area contributed by atoms with Crippen LogP contribution in [0.3, 0.4) is 0 Å². The summed E-state index contributed by atoms with van der Waals surface area (Å²) in [6, 6.07) is 7.56. The van der Waals surface area contributed by atoms with Gasteiger partial charge in [-0.05, 0) is 57.5 Å². The minimum atomic E-state index is -0.562. The Labute approximate surface area is 147 Å².